The van der Waals surface area contributed by atoms with Gasteiger partial charge in [0.05, 0.1) is 5.54 Å². The number of nitrogens with one attached hydrogen (secondary N) is 1. The van der Waals surface area contributed by atoms with Crippen LogP contribution in [0.25, 0.3) is 0 Å². The van der Waals surface area contributed by atoms with Crippen LogP contribution < -0.4 is 5.32 Å². The van der Waals surface area contributed by atoms with E-state index >= 15 is 0 Å². The summed E-state index contributed by atoms with van der Waals surface area (Å²) in [5, 5.41) is 7.59. The van der Waals surface area contributed by atoms with Crippen LogP contribution in [0.1, 0.15) is 63.6 Å². The van der Waals surface area contributed by atoms with Crippen molar-refractivity contribution in [2.24, 2.45) is 23.7 Å². The maximum absolute atomic E-state index is 5.55. The zero-order valence-corrected chi connectivity index (χ0v) is 12.7. The molecule has 0 spiro atoms. The van der Waals surface area contributed by atoms with Crippen molar-refractivity contribution in [1.82, 2.24) is 15.5 Å². The molecule has 0 radical (unpaired) electrons. The van der Waals surface area contributed by atoms with Crippen LogP contribution in [-0.2, 0) is 5.54 Å². The lowest BCUT2D eigenvalue weighted by Gasteiger charge is -2.53. The highest BCUT2D eigenvalue weighted by atomic mass is 16.5. The fraction of sp³-hybridized carbons (Fsp3) is 0.875. The van der Waals surface area contributed by atoms with Gasteiger partial charge < -0.3 is 9.84 Å². The van der Waals surface area contributed by atoms with Crippen LogP contribution in [0.15, 0.2) is 4.52 Å². The van der Waals surface area contributed by atoms with Crippen molar-refractivity contribution >= 4 is 0 Å². The Labute approximate surface area is 120 Å². The van der Waals surface area contributed by atoms with E-state index in [1.807, 2.05) is 7.05 Å². The Hall–Kier alpha value is -0.900. The Morgan fingerprint density at radius 1 is 1.05 bits per heavy atom. The van der Waals surface area contributed by atoms with Gasteiger partial charge in [-0.25, -0.2) is 0 Å². The summed E-state index contributed by atoms with van der Waals surface area (Å²) in [6.45, 7) is 4.17. The summed E-state index contributed by atoms with van der Waals surface area (Å²) in [5.74, 6) is 5.89. The molecule has 0 aliphatic heterocycles. The molecule has 0 amide bonds. The Bertz CT molecular complexity index is 480. The summed E-state index contributed by atoms with van der Waals surface area (Å²) in [6, 6.07) is 0. The van der Waals surface area contributed by atoms with Gasteiger partial charge in [-0.3, -0.25) is 0 Å². The fourth-order valence-corrected chi connectivity index (χ4v) is 5.08. The average Bonchev–Trinajstić information content (AvgIpc) is 2.88. The highest BCUT2D eigenvalue weighted by molar-refractivity contribution is 5.11. The molecule has 0 aromatic carbocycles. The van der Waals surface area contributed by atoms with Gasteiger partial charge in [-0.05, 0) is 76.7 Å². The maximum Gasteiger partial charge on any atom is 0.246 e. The number of hydrogen-bond acceptors (Lipinski definition) is 4. The van der Waals surface area contributed by atoms with Crippen LogP contribution >= 0.6 is 0 Å². The quantitative estimate of drug-likeness (QED) is 0.921. The van der Waals surface area contributed by atoms with Crippen LogP contribution in [0.3, 0.4) is 0 Å². The van der Waals surface area contributed by atoms with Crippen molar-refractivity contribution in [3.05, 3.63) is 11.7 Å². The molecule has 4 fully saturated rings. The molecular weight excluding hydrogens is 250 g/mol. The molecule has 0 atom stereocenters. The molecule has 1 aromatic heterocycles. The first kappa shape index (κ1) is 12.8. The van der Waals surface area contributed by atoms with Crippen molar-refractivity contribution in [3.8, 4) is 0 Å². The molecule has 1 aromatic rings. The maximum atomic E-state index is 5.55. The van der Waals surface area contributed by atoms with Crippen LogP contribution in [-0.4, -0.2) is 17.2 Å². The van der Waals surface area contributed by atoms with Gasteiger partial charge in [-0.1, -0.05) is 5.16 Å². The number of aromatic nitrogens is 2. The molecule has 4 saturated carbocycles. The van der Waals surface area contributed by atoms with Gasteiger partial charge in [-0.15, -0.1) is 0 Å². The lowest BCUT2D eigenvalue weighted by atomic mass is 9.52. The number of nitrogens with zero attached hydrogens (tertiary/aromatic N) is 2. The lowest BCUT2D eigenvalue weighted by molar-refractivity contribution is -0.00629. The Morgan fingerprint density at radius 2 is 1.65 bits per heavy atom. The zero-order chi connectivity index (χ0) is 13.9. The third-order valence-electron chi connectivity index (χ3n) is 6.13. The predicted octanol–water partition coefficient (Wildman–Crippen LogP) is 3.06. The highest BCUT2D eigenvalue weighted by Crippen LogP contribution is 2.59. The summed E-state index contributed by atoms with van der Waals surface area (Å²) in [7, 11) is 1.94. The second kappa shape index (κ2) is 4.30. The Balaban J connectivity index is 1.62. The molecule has 1 heterocycles. The minimum atomic E-state index is -0.239. The molecule has 1 N–H and O–H groups in total. The van der Waals surface area contributed by atoms with Gasteiger partial charge in [0.2, 0.25) is 5.89 Å². The van der Waals surface area contributed by atoms with E-state index in [1.165, 1.54) is 32.1 Å². The smallest absolute Gasteiger partial charge is 0.246 e. The Kier molecular flexibility index (Phi) is 2.75. The summed E-state index contributed by atoms with van der Waals surface area (Å²) < 4.78 is 5.55. The first-order valence-corrected chi connectivity index (χ1v) is 8.10. The van der Waals surface area contributed by atoms with Crippen molar-refractivity contribution in [3.63, 3.8) is 0 Å². The number of rotatable bonds is 3. The average molecular weight is 275 g/mol. The molecular formula is C16H25N3O. The van der Waals surface area contributed by atoms with E-state index in [0.717, 1.165) is 35.4 Å². The van der Waals surface area contributed by atoms with E-state index in [1.54, 1.807) is 0 Å². The predicted molar refractivity (Wildman–Crippen MR) is 76.2 cm³/mol. The van der Waals surface area contributed by atoms with E-state index < -0.39 is 0 Å². The molecule has 4 nitrogen and oxygen atoms in total. The lowest BCUT2D eigenvalue weighted by Crippen LogP contribution is -2.44. The normalized spacial score (nSPS) is 39.5. The molecule has 0 saturated heterocycles. The standard InChI is InChI=1S/C16H25N3O/c1-16(2,17-3)15-18-14(19-20-15)13-11-5-9-4-10(7-11)8-12(13)6-9/h9-13,17H,4-8H2,1-3H3. The van der Waals surface area contributed by atoms with Crippen molar-refractivity contribution < 1.29 is 4.52 Å². The first-order valence-electron chi connectivity index (χ1n) is 8.10. The van der Waals surface area contributed by atoms with Crippen LogP contribution in [0.4, 0.5) is 0 Å². The second-order valence-electron chi connectivity index (χ2n) is 7.79. The van der Waals surface area contributed by atoms with Gasteiger partial charge in [0.15, 0.2) is 5.82 Å². The summed E-state index contributed by atoms with van der Waals surface area (Å²) in [4.78, 5) is 4.76. The molecule has 4 bridgehead atoms. The van der Waals surface area contributed by atoms with E-state index in [0.29, 0.717) is 5.92 Å². The molecule has 4 heteroatoms. The molecule has 4 aliphatic rings. The van der Waals surface area contributed by atoms with Crippen molar-refractivity contribution in [1.29, 1.82) is 0 Å². The van der Waals surface area contributed by atoms with Crippen molar-refractivity contribution in [2.75, 3.05) is 7.05 Å². The Morgan fingerprint density at radius 3 is 2.20 bits per heavy atom. The van der Waals surface area contributed by atoms with Gasteiger partial charge in [0, 0.05) is 5.92 Å². The van der Waals surface area contributed by atoms with Gasteiger partial charge >= 0.3 is 0 Å². The minimum absolute atomic E-state index is 0.239. The molecule has 5 rings (SSSR count). The van der Waals surface area contributed by atoms with Crippen LogP contribution in [0.5, 0.6) is 0 Å². The zero-order valence-electron chi connectivity index (χ0n) is 12.7. The third kappa shape index (κ3) is 1.84. The van der Waals surface area contributed by atoms with E-state index in [-0.39, 0.29) is 5.54 Å². The van der Waals surface area contributed by atoms with Crippen molar-refractivity contribution in [2.45, 2.75) is 57.4 Å². The van der Waals surface area contributed by atoms with Gasteiger partial charge in [0.25, 0.3) is 0 Å². The minimum Gasteiger partial charge on any atom is -0.337 e. The molecule has 0 unspecified atom stereocenters. The third-order valence-corrected chi connectivity index (χ3v) is 6.13. The van der Waals surface area contributed by atoms with Crippen LogP contribution in [0, 0.1) is 23.7 Å². The van der Waals surface area contributed by atoms with E-state index in [4.69, 9.17) is 9.51 Å². The molecule has 4 aliphatic carbocycles. The summed E-state index contributed by atoms with van der Waals surface area (Å²) in [6.07, 6.45) is 7.09. The second-order valence-corrected chi connectivity index (χ2v) is 7.79. The van der Waals surface area contributed by atoms with E-state index in [9.17, 15) is 0 Å². The molecule has 110 valence electrons. The molecule has 20 heavy (non-hydrogen) atoms. The topological polar surface area (TPSA) is 51.0 Å². The largest absolute Gasteiger partial charge is 0.337 e. The SMILES string of the molecule is CNC(C)(C)c1nc(C2C3CC4CC(C3)CC2C4)no1. The summed E-state index contributed by atoms with van der Waals surface area (Å²) >= 11 is 0. The van der Waals surface area contributed by atoms with Gasteiger partial charge in [-0.2, -0.15) is 4.98 Å². The summed E-state index contributed by atoms with van der Waals surface area (Å²) in [5.41, 5.74) is -0.239. The number of hydrogen-bond donors (Lipinski definition) is 1. The van der Waals surface area contributed by atoms with Crippen LogP contribution in [0.2, 0.25) is 0 Å². The highest BCUT2D eigenvalue weighted by Gasteiger charge is 2.50. The first-order chi connectivity index (χ1) is 9.56. The van der Waals surface area contributed by atoms with E-state index in [2.05, 4.69) is 24.3 Å². The fourth-order valence-electron chi connectivity index (χ4n) is 5.08. The van der Waals surface area contributed by atoms with Gasteiger partial charge in [0.1, 0.15) is 0 Å². The monoisotopic (exact) mass is 275 g/mol.